The summed E-state index contributed by atoms with van der Waals surface area (Å²) >= 11 is 0. The number of hydrogen-bond donors (Lipinski definition) is 2. The highest BCUT2D eigenvalue weighted by atomic mass is 16.5. The Balaban J connectivity index is 1.23. The smallest absolute Gasteiger partial charge is 0.262 e. The fourth-order valence-electron chi connectivity index (χ4n) is 4.88. The predicted molar refractivity (Wildman–Crippen MR) is 141 cm³/mol. The SMILES string of the molecule is O=C(COCc1ccccc1)NCCc1cccc(-c2cccc3c2C(=O)N(C2CCC(=O)NC2=O)C3=O)c1. The molecule has 39 heavy (non-hydrogen) atoms. The Labute approximate surface area is 225 Å². The Kier molecular flexibility index (Phi) is 7.60. The number of hydrogen-bond acceptors (Lipinski definition) is 6. The highest BCUT2D eigenvalue weighted by Gasteiger charge is 2.45. The molecular weight excluding hydrogens is 498 g/mol. The van der Waals surface area contributed by atoms with Gasteiger partial charge in [-0.2, -0.15) is 0 Å². The summed E-state index contributed by atoms with van der Waals surface area (Å²) in [5.41, 5.74) is 3.74. The quantitative estimate of drug-likeness (QED) is 0.414. The molecule has 0 bridgehead atoms. The lowest BCUT2D eigenvalue weighted by atomic mass is 9.95. The first-order valence-electron chi connectivity index (χ1n) is 12.7. The van der Waals surface area contributed by atoms with Crippen molar-refractivity contribution >= 4 is 29.5 Å². The van der Waals surface area contributed by atoms with Gasteiger partial charge in [0.1, 0.15) is 12.6 Å². The largest absolute Gasteiger partial charge is 0.367 e. The van der Waals surface area contributed by atoms with Crippen LogP contribution < -0.4 is 10.6 Å². The molecule has 1 unspecified atom stereocenters. The first kappa shape index (κ1) is 26.0. The van der Waals surface area contributed by atoms with Crippen LogP contribution in [0.4, 0.5) is 0 Å². The first-order chi connectivity index (χ1) is 18.9. The van der Waals surface area contributed by atoms with Crippen molar-refractivity contribution in [3.8, 4) is 11.1 Å². The van der Waals surface area contributed by atoms with Crippen LogP contribution in [0.2, 0.25) is 0 Å². The monoisotopic (exact) mass is 525 g/mol. The summed E-state index contributed by atoms with van der Waals surface area (Å²) in [6, 6.07) is 21.2. The summed E-state index contributed by atoms with van der Waals surface area (Å²) in [6.07, 6.45) is 0.723. The lowest BCUT2D eigenvalue weighted by Gasteiger charge is -2.27. The van der Waals surface area contributed by atoms with Crippen molar-refractivity contribution in [3.05, 3.63) is 95.1 Å². The second kappa shape index (κ2) is 11.4. The van der Waals surface area contributed by atoms with Crippen LogP contribution in [0.1, 0.15) is 44.7 Å². The zero-order valence-corrected chi connectivity index (χ0v) is 21.1. The van der Waals surface area contributed by atoms with E-state index in [4.69, 9.17) is 4.74 Å². The summed E-state index contributed by atoms with van der Waals surface area (Å²) in [7, 11) is 0. The number of fused-ring (bicyclic) bond motifs is 1. The van der Waals surface area contributed by atoms with Crippen LogP contribution in [0, 0.1) is 0 Å². The molecule has 2 aliphatic rings. The molecule has 0 aliphatic carbocycles. The summed E-state index contributed by atoms with van der Waals surface area (Å²) in [6.45, 7) is 0.732. The Bertz CT molecular complexity index is 1450. The molecule has 2 heterocycles. The van der Waals surface area contributed by atoms with Crippen LogP contribution in [0.25, 0.3) is 11.1 Å². The average molecular weight is 526 g/mol. The molecule has 198 valence electrons. The molecular formula is C30H27N3O6. The second-order valence-corrected chi connectivity index (χ2v) is 9.45. The van der Waals surface area contributed by atoms with Crippen molar-refractivity contribution in [1.82, 2.24) is 15.5 Å². The lowest BCUT2D eigenvalue weighted by molar-refractivity contribution is -0.136. The number of carbonyl (C=O) groups excluding carboxylic acids is 5. The number of benzene rings is 3. The van der Waals surface area contributed by atoms with Gasteiger partial charge in [-0.15, -0.1) is 0 Å². The van der Waals surface area contributed by atoms with Gasteiger partial charge in [0.2, 0.25) is 17.7 Å². The maximum Gasteiger partial charge on any atom is 0.262 e. The zero-order chi connectivity index (χ0) is 27.4. The minimum atomic E-state index is -1.02. The summed E-state index contributed by atoms with van der Waals surface area (Å²) in [4.78, 5) is 63.6. The molecule has 0 spiro atoms. The van der Waals surface area contributed by atoms with Crippen molar-refractivity contribution < 1.29 is 28.7 Å². The molecule has 0 saturated carbocycles. The van der Waals surface area contributed by atoms with E-state index in [0.29, 0.717) is 25.1 Å². The standard InChI is InChI=1S/C30H27N3O6/c34-25-13-12-24(28(36)32-25)33-29(37)23-11-5-10-22(27(23)30(33)38)21-9-4-8-19(16-21)14-15-31-26(35)18-39-17-20-6-2-1-3-7-20/h1-11,16,24H,12-15,17-18H2,(H,31,35)(H,32,34,36). The van der Waals surface area contributed by atoms with Crippen LogP contribution in [-0.2, 0) is 32.1 Å². The van der Waals surface area contributed by atoms with E-state index in [2.05, 4.69) is 10.6 Å². The number of piperidine rings is 1. The van der Waals surface area contributed by atoms with Crippen LogP contribution in [-0.4, -0.2) is 53.6 Å². The first-order valence-corrected chi connectivity index (χ1v) is 12.7. The molecule has 1 atom stereocenters. The second-order valence-electron chi connectivity index (χ2n) is 9.45. The fraction of sp³-hybridized carbons (Fsp3) is 0.233. The lowest BCUT2D eigenvalue weighted by Crippen LogP contribution is -2.54. The fourth-order valence-corrected chi connectivity index (χ4v) is 4.88. The third-order valence-electron chi connectivity index (χ3n) is 6.79. The van der Waals surface area contributed by atoms with E-state index in [0.717, 1.165) is 21.6 Å². The number of ether oxygens (including phenoxy) is 1. The van der Waals surface area contributed by atoms with E-state index < -0.39 is 29.7 Å². The average Bonchev–Trinajstić information content (AvgIpc) is 3.19. The van der Waals surface area contributed by atoms with E-state index in [-0.39, 0.29) is 36.5 Å². The highest BCUT2D eigenvalue weighted by molar-refractivity contribution is 6.25. The number of nitrogens with zero attached hydrogens (tertiary/aromatic N) is 1. The van der Waals surface area contributed by atoms with Crippen molar-refractivity contribution in [3.63, 3.8) is 0 Å². The maximum absolute atomic E-state index is 13.4. The van der Waals surface area contributed by atoms with Gasteiger partial charge in [0.05, 0.1) is 17.7 Å². The number of rotatable bonds is 9. The Morgan fingerprint density at radius 2 is 1.64 bits per heavy atom. The normalized spacial score (nSPS) is 16.7. The van der Waals surface area contributed by atoms with Crippen LogP contribution in [0.5, 0.6) is 0 Å². The topological polar surface area (TPSA) is 122 Å². The molecule has 3 aromatic carbocycles. The summed E-state index contributed by atoms with van der Waals surface area (Å²) in [5.74, 6) is -2.35. The molecule has 5 rings (SSSR count). The van der Waals surface area contributed by atoms with Gasteiger partial charge >= 0.3 is 0 Å². The molecule has 0 radical (unpaired) electrons. The van der Waals surface area contributed by atoms with Gasteiger partial charge in [-0.05, 0) is 41.2 Å². The predicted octanol–water partition coefficient (Wildman–Crippen LogP) is 2.63. The highest BCUT2D eigenvalue weighted by Crippen LogP contribution is 2.35. The zero-order valence-electron chi connectivity index (χ0n) is 21.1. The molecule has 9 heteroatoms. The minimum Gasteiger partial charge on any atom is -0.367 e. The van der Waals surface area contributed by atoms with E-state index in [9.17, 15) is 24.0 Å². The summed E-state index contributed by atoms with van der Waals surface area (Å²) < 4.78 is 5.47. The van der Waals surface area contributed by atoms with E-state index >= 15 is 0 Å². The van der Waals surface area contributed by atoms with Gasteiger partial charge < -0.3 is 10.1 Å². The molecule has 1 saturated heterocycles. The van der Waals surface area contributed by atoms with Crippen LogP contribution >= 0.6 is 0 Å². The van der Waals surface area contributed by atoms with Crippen LogP contribution in [0.3, 0.4) is 0 Å². The molecule has 1 fully saturated rings. The van der Waals surface area contributed by atoms with Crippen LogP contribution in [0.15, 0.2) is 72.8 Å². The van der Waals surface area contributed by atoms with E-state index in [1.165, 1.54) is 0 Å². The molecule has 2 N–H and O–H groups in total. The Morgan fingerprint density at radius 1 is 0.897 bits per heavy atom. The molecule has 2 aliphatic heterocycles. The van der Waals surface area contributed by atoms with Gasteiger partial charge in [-0.3, -0.25) is 34.2 Å². The number of carbonyl (C=O) groups is 5. The van der Waals surface area contributed by atoms with Gasteiger partial charge in [-0.25, -0.2) is 0 Å². The number of amides is 5. The number of nitrogens with one attached hydrogen (secondary N) is 2. The molecule has 5 amide bonds. The Hall–Kier alpha value is -4.63. The van der Waals surface area contributed by atoms with Crippen molar-refractivity contribution in [2.24, 2.45) is 0 Å². The van der Waals surface area contributed by atoms with Crippen molar-refractivity contribution in [2.75, 3.05) is 13.2 Å². The van der Waals surface area contributed by atoms with Gasteiger partial charge in [0, 0.05) is 13.0 Å². The molecule has 3 aromatic rings. The van der Waals surface area contributed by atoms with Crippen molar-refractivity contribution in [2.45, 2.75) is 31.9 Å². The maximum atomic E-state index is 13.4. The molecule has 0 aromatic heterocycles. The Morgan fingerprint density at radius 3 is 2.44 bits per heavy atom. The third-order valence-corrected chi connectivity index (χ3v) is 6.79. The summed E-state index contributed by atoms with van der Waals surface area (Å²) in [5, 5.41) is 5.06. The van der Waals surface area contributed by atoms with Gasteiger partial charge in [-0.1, -0.05) is 66.7 Å². The molecule has 9 nitrogen and oxygen atoms in total. The number of imide groups is 2. The van der Waals surface area contributed by atoms with E-state index in [1.807, 2.05) is 54.6 Å². The third kappa shape index (κ3) is 5.63. The van der Waals surface area contributed by atoms with Crippen molar-refractivity contribution in [1.29, 1.82) is 0 Å². The van der Waals surface area contributed by atoms with Gasteiger partial charge in [0.15, 0.2) is 0 Å². The van der Waals surface area contributed by atoms with E-state index in [1.54, 1.807) is 18.2 Å². The van der Waals surface area contributed by atoms with Gasteiger partial charge in [0.25, 0.3) is 11.8 Å². The minimum absolute atomic E-state index is 0.0368.